The first-order valence-corrected chi connectivity index (χ1v) is 5.42. The molecule has 0 spiro atoms. The van der Waals surface area contributed by atoms with Crippen molar-refractivity contribution in [3.8, 4) is 6.01 Å². The van der Waals surface area contributed by atoms with E-state index in [1.165, 1.54) is 7.11 Å². The molecule has 0 radical (unpaired) electrons. The molecule has 0 aliphatic heterocycles. The van der Waals surface area contributed by atoms with Gasteiger partial charge in [-0.15, -0.1) is 0 Å². The van der Waals surface area contributed by atoms with Crippen molar-refractivity contribution in [2.24, 2.45) is 0 Å². The molecule has 0 amide bonds. The number of nitrogens with one attached hydrogen (secondary N) is 2. The minimum Gasteiger partial charge on any atom is -0.467 e. The lowest BCUT2D eigenvalue weighted by Crippen LogP contribution is -2.28. The van der Waals surface area contributed by atoms with Gasteiger partial charge in [0.05, 0.1) is 7.11 Å². The van der Waals surface area contributed by atoms with E-state index in [-0.39, 0.29) is 11.3 Å². The molecule has 1 aromatic rings. The van der Waals surface area contributed by atoms with Gasteiger partial charge in [0, 0.05) is 19.1 Å². The van der Waals surface area contributed by atoms with Gasteiger partial charge >= 0.3 is 6.01 Å². The molecule has 1 aromatic heterocycles. The maximum Gasteiger partial charge on any atom is 0.322 e. The number of halogens is 1. The monoisotopic (exact) mass is 245 g/mol. The van der Waals surface area contributed by atoms with Crippen LogP contribution in [-0.4, -0.2) is 41.2 Å². The van der Waals surface area contributed by atoms with E-state index in [1.54, 1.807) is 0 Å². The molecule has 2 N–H and O–H groups in total. The molecule has 0 saturated heterocycles. The third-order valence-electron chi connectivity index (χ3n) is 1.73. The second-order valence-corrected chi connectivity index (χ2v) is 3.79. The van der Waals surface area contributed by atoms with Gasteiger partial charge in [0.1, 0.15) is 0 Å². The van der Waals surface area contributed by atoms with Crippen molar-refractivity contribution in [1.82, 2.24) is 20.3 Å². The number of anilines is 1. The first kappa shape index (κ1) is 12.9. The molecular weight excluding hydrogens is 230 g/mol. The van der Waals surface area contributed by atoms with E-state index in [0.29, 0.717) is 18.5 Å². The fourth-order valence-corrected chi connectivity index (χ4v) is 1.19. The number of methoxy groups -OCH3 is 1. The van der Waals surface area contributed by atoms with Crippen molar-refractivity contribution in [2.45, 2.75) is 19.9 Å². The Hall–Kier alpha value is -1.14. The zero-order chi connectivity index (χ0) is 12.0. The Morgan fingerprint density at radius 1 is 1.25 bits per heavy atom. The van der Waals surface area contributed by atoms with Crippen molar-refractivity contribution in [3.63, 3.8) is 0 Å². The number of aromatic nitrogens is 3. The minimum atomic E-state index is 0.117. The molecule has 0 saturated carbocycles. The van der Waals surface area contributed by atoms with Crippen LogP contribution in [0.1, 0.15) is 13.8 Å². The van der Waals surface area contributed by atoms with Gasteiger partial charge in [0.2, 0.25) is 11.2 Å². The predicted molar refractivity (Wildman–Crippen MR) is 63.0 cm³/mol. The quantitative estimate of drug-likeness (QED) is 0.727. The summed E-state index contributed by atoms with van der Waals surface area (Å²) >= 11 is 5.69. The topological polar surface area (TPSA) is 72.0 Å². The molecular formula is C9H16ClN5O. The standard InChI is InChI=1S/C9H16ClN5O/c1-6(2)11-4-5-12-8-13-7(10)14-9(15-8)16-3/h6,11H,4-5H2,1-3H3,(H,12,13,14,15). The molecule has 1 heterocycles. The van der Waals surface area contributed by atoms with E-state index < -0.39 is 0 Å². The molecule has 0 fully saturated rings. The van der Waals surface area contributed by atoms with Gasteiger partial charge in [-0.3, -0.25) is 0 Å². The largest absolute Gasteiger partial charge is 0.467 e. The van der Waals surface area contributed by atoms with Crippen LogP contribution in [0.4, 0.5) is 5.95 Å². The maximum absolute atomic E-state index is 5.69. The Balaban J connectivity index is 2.44. The average molecular weight is 246 g/mol. The molecule has 0 aliphatic carbocycles. The number of rotatable bonds is 6. The van der Waals surface area contributed by atoms with Crippen molar-refractivity contribution >= 4 is 17.5 Å². The van der Waals surface area contributed by atoms with Crippen molar-refractivity contribution in [1.29, 1.82) is 0 Å². The molecule has 16 heavy (non-hydrogen) atoms. The van der Waals surface area contributed by atoms with Crippen LogP contribution in [0, 0.1) is 0 Å². The van der Waals surface area contributed by atoms with Crippen LogP contribution in [0.3, 0.4) is 0 Å². The molecule has 90 valence electrons. The predicted octanol–water partition coefficient (Wildman–Crippen LogP) is 0.943. The van der Waals surface area contributed by atoms with Gasteiger partial charge in [0.25, 0.3) is 0 Å². The van der Waals surface area contributed by atoms with E-state index in [2.05, 4.69) is 39.4 Å². The highest BCUT2D eigenvalue weighted by Crippen LogP contribution is 2.09. The Labute approximate surface area is 99.8 Å². The van der Waals surface area contributed by atoms with E-state index >= 15 is 0 Å². The maximum atomic E-state index is 5.69. The van der Waals surface area contributed by atoms with Crippen molar-refractivity contribution in [2.75, 3.05) is 25.5 Å². The van der Waals surface area contributed by atoms with Gasteiger partial charge in [-0.05, 0) is 11.6 Å². The molecule has 6 nitrogen and oxygen atoms in total. The number of ether oxygens (including phenoxy) is 1. The minimum absolute atomic E-state index is 0.117. The Bertz CT molecular complexity index is 334. The molecule has 0 aliphatic rings. The number of hydrogen-bond acceptors (Lipinski definition) is 6. The number of nitrogens with zero attached hydrogens (tertiary/aromatic N) is 3. The van der Waals surface area contributed by atoms with Crippen LogP contribution in [0.25, 0.3) is 0 Å². The summed E-state index contributed by atoms with van der Waals surface area (Å²) in [5, 5.41) is 6.40. The second-order valence-electron chi connectivity index (χ2n) is 3.45. The average Bonchev–Trinajstić information content (AvgIpc) is 2.23. The van der Waals surface area contributed by atoms with Gasteiger partial charge in [-0.25, -0.2) is 0 Å². The highest BCUT2D eigenvalue weighted by atomic mass is 35.5. The van der Waals surface area contributed by atoms with E-state index in [9.17, 15) is 0 Å². The Kier molecular flexibility index (Phi) is 5.21. The molecule has 7 heteroatoms. The lowest BCUT2D eigenvalue weighted by Gasteiger charge is -2.09. The summed E-state index contributed by atoms with van der Waals surface area (Å²) < 4.78 is 4.88. The Morgan fingerprint density at radius 3 is 2.62 bits per heavy atom. The summed E-state index contributed by atoms with van der Waals surface area (Å²) in [6.07, 6.45) is 0. The molecule has 1 rings (SSSR count). The van der Waals surface area contributed by atoms with Crippen molar-refractivity contribution < 1.29 is 4.74 Å². The highest BCUT2D eigenvalue weighted by molar-refractivity contribution is 6.28. The van der Waals surface area contributed by atoms with E-state index in [0.717, 1.165) is 6.54 Å². The normalized spacial score (nSPS) is 10.6. The summed E-state index contributed by atoms with van der Waals surface area (Å²) in [4.78, 5) is 11.7. The van der Waals surface area contributed by atoms with Gasteiger partial charge < -0.3 is 15.4 Å². The van der Waals surface area contributed by atoms with Crippen molar-refractivity contribution in [3.05, 3.63) is 5.28 Å². The summed E-state index contributed by atoms with van der Waals surface area (Å²) in [5.41, 5.74) is 0. The third-order valence-corrected chi connectivity index (χ3v) is 1.90. The SMILES string of the molecule is COc1nc(Cl)nc(NCCNC(C)C)n1. The summed E-state index contributed by atoms with van der Waals surface area (Å²) in [5.74, 6) is 0.419. The summed E-state index contributed by atoms with van der Waals surface area (Å²) in [7, 11) is 1.48. The molecule has 0 bridgehead atoms. The zero-order valence-corrected chi connectivity index (χ0v) is 10.4. The highest BCUT2D eigenvalue weighted by Gasteiger charge is 2.03. The Morgan fingerprint density at radius 2 is 2.00 bits per heavy atom. The van der Waals surface area contributed by atoms with Crippen LogP contribution in [0.2, 0.25) is 5.28 Å². The van der Waals surface area contributed by atoms with Crippen LogP contribution < -0.4 is 15.4 Å². The summed E-state index contributed by atoms with van der Waals surface area (Å²) in [6.45, 7) is 5.70. The first-order valence-electron chi connectivity index (χ1n) is 5.04. The van der Waals surface area contributed by atoms with Crippen LogP contribution in [-0.2, 0) is 0 Å². The number of hydrogen-bond donors (Lipinski definition) is 2. The molecule has 0 unspecified atom stereocenters. The van der Waals surface area contributed by atoms with Crippen LogP contribution in [0.5, 0.6) is 6.01 Å². The zero-order valence-electron chi connectivity index (χ0n) is 9.62. The van der Waals surface area contributed by atoms with Gasteiger partial charge in [-0.2, -0.15) is 15.0 Å². The van der Waals surface area contributed by atoms with E-state index in [1.807, 2.05) is 0 Å². The lowest BCUT2D eigenvalue weighted by molar-refractivity contribution is 0.379. The molecule has 0 atom stereocenters. The van der Waals surface area contributed by atoms with E-state index in [4.69, 9.17) is 16.3 Å². The second kappa shape index (κ2) is 6.44. The molecule has 0 aromatic carbocycles. The van der Waals surface area contributed by atoms with Crippen LogP contribution >= 0.6 is 11.6 Å². The first-order chi connectivity index (χ1) is 7.61. The summed E-state index contributed by atoms with van der Waals surface area (Å²) in [6, 6.07) is 0.664. The smallest absolute Gasteiger partial charge is 0.322 e. The van der Waals surface area contributed by atoms with Gasteiger partial charge in [0.15, 0.2) is 0 Å². The van der Waals surface area contributed by atoms with Gasteiger partial charge in [-0.1, -0.05) is 13.8 Å². The fourth-order valence-electron chi connectivity index (χ4n) is 1.04. The fraction of sp³-hybridized carbons (Fsp3) is 0.667. The lowest BCUT2D eigenvalue weighted by atomic mass is 10.4. The third kappa shape index (κ3) is 4.59. The van der Waals surface area contributed by atoms with Crippen LogP contribution in [0.15, 0.2) is 0 Å².